The fourth-order valence-corrected chi connectivity index (χ4v) is 2.36. The number of hydrogen-bond donors (Lipinski definition) is 2. The van der Waals surface area contributed by atoms with Crippen LogP contribution in [-0.2, 0) is 0 Å². The zero-order valence-corrected chi connectivity index (χ0v) is 9.85. The van der Waals surface area contributed by atoms with E-state index >= 15 is 0 Å². The predicted octanol–water partition coefficient (Wildman–Crippen LogP) is 0.451. The summed E-state index contributed by atoms with van der Waals surface area (Å²) in [5.74, 6) is 0.120. The van der Waals surface area contributed by atoms with Crippen LogP contribution in [0.25, 0.3) is 0 Å². The minimum Gasteiger partial charge on any atom is -0.397 e. The van der Waals surface area contributed by atoms with Gasteiger partial charge in [0.25, 0.3) is 5.91 Å². The minimum absolute atomic E-state index is 0.120. The Morgan fingerprint density at radius 3 is 2.71 bits per heavy atom. The van der Waals surface area contributed by atoms with Crippen molar-refractivity contribution in [3.8, 4) is 0 Å². The first kappa shape index (κ1) is 10.7. The van der Waals surface area contributed by atoms with Crippen LogP contribution in [0.15, 0.2) is 12.3 Å². The number of carbonyl (C=O) groups excluding carboxylic acids is 1. The van der Waals surface area contributed by atoms with Crippen molar-refractivity contribution >= 4 is 11.6 Å². The number of piperazine rings is 1. The van der Waals surface area contributed by atoms with E-state index in [1.807, 2.05) is 17.2 Å². The quantitative estimate of drug-likeness (QED) is 0.781. The van der Waals surface area contributed by atoms with E-state index in [4.69, 9.17) is 5.73 Å². The van der Waals surface area contributed by atoms with Gasteiger partial charge in [0, 0.05) is 38.4 Å². The Morgan fingerprint density at radius 2 is 2.06 bits per heavy atom. The van der Waals surface area contributed by atoms with E-state index in [9.17, 15) is 4.79 Å². The van der Waals surface area contributed by atoms with Crippen molar-refractivity contribution in [1.82, 2.24) is 14.8 Å². The molecule has 0 spiro atoms. The highest BCUT2D eigenvalue weighted by molar-refractivity contribution is 5.94. The van der Waals surface area contributed by atoms with Crippen LogP contribution in [0.5, 0.6) is 0 Å². The van der Waals surface area contributed by atoms with Gasteiger partial charge in [-0.25, -0.2) is 0 Å². The molecule has 0 atom stereocenters. The molecule has 2 heterocycles. The number of nitrogens with zero attached hydrogens (tertiary/aromatic N) is 2. The lowest BCUT2D eigenvalue weighted by Crippen LogP contribution is -2.46. The van der Waals surface area contributed by atoms with Gasteiger partial charge in [0.2, 0.25) is 0 Å². The van der Waals surface area contributed by atoms with Gasteiger partial charge in [0.15, 0.2) is 0 Å². The summed E-state index contributed by atoms with van der Waals surface area (Å²) >= 11 is 0. The van der Waals surface area contributed by atoms with Gasteiger partial charge in [-0.05, 0) is 18.9 Å². The lowest BCUT2D eigenvalue weighted by Gasteiger charge is -2.27. The van der Waals surface area contributed by atoms with E-state index in [-0.39, 0.29) is 5.91 Å². The first-order valence-electron chi connectivity index (χ1n) is 6.23. The average Bonchev–Trinajstić information content (AvgIpc) is 3.13. The summed E-state index contributed by atoms with van der Waals surface area (Å²) in [6.07, 6.45) is 4.22. The molecule has 0 unspecified atom stereocenters. The molecule has 1 saturated heterocycles. The third-order valence-electron chi connectivity index (χ3n) is 3.43. The maximum absolute atomic E-state index is 12.4. The Morgan fingerprint density at radius 1 is 1.35 bits per heavy atom. The zero-order valence-electron chi connectivity index (χ0n) is 9.85. The molecular weight excluding hydrogens is 216 g/mol. The SMILES string of the molecule is Nc1cc(C(=O)N2CCNCC2)n(C2CC2)c1. The van der Waals surface area contributed by atoms with E-state index in [2.05, 4.69) is 9.88 Å². The number of nitrogen functional groups attached to an aromatic ring is 1. The summed E-state index contributed by atoms with van der Waals surface area (Å²) in [5.41, 5.74) is 7.25. The second-order valence-electron chi connectivity index (χ2n) is 4.84. The number of hydrogen-bond acceptors (Lipinski definition) is 3. The number of aromatic nitrogens is 1. The van der Waals surface area contributed by atoms with E-state index < -0.39 is 0 Å². The normalized spacial score (nSPS) is 20.6. The maximum Gasteiger partial charge on any atom is 0.270 e. The van der Waals surface area contributed by atoms with Gasteiger partial charge >= 0.3 is 0 Å². The molecule has 0 bridgehead atoms. The van der Waals surface area contributed by atoms with Crippen LogP contribution in [0.1, 0.15) is 29.4 Å². The van der Waals surface area contributed by atoms with Crippen molar-refractivity contribution in [2.24, 2.45) is 0 Å². The summed E-state index contributed by atoms with van der Waals surface area (Å²) in [7, 11) is 0. The predicted molar refractivity (Wildman–Crippen MR) is 65.9 cm³/mol. The third-order valence-corrected chi connectivity index (χ3v) is 3.43. The van der Waals surface area contributed by atoms with Gasteiger partial charge in [-0.15, -0.1) is 0 Å². The van der Waals surface area contributed by atoms with Gasteiger partial charge < -0.3 is 20.5 Å². The van der Waals surface area contributed by atoms with Gasteiger partial charge in [0.1, 0.15) is 5.69 Å². The van der Waals surface area contributed by atoms with Crippen LogP contribution in [0.4, 0.5) is 5.69 Å². The molecule has 1 amide bonds. The molecule has 1 saturated carbocycles. The van der Waals surface area contributed by atoms with Crippen LogP contribution in [0.2, 0.25) is 0 Å². The molecule has 1 aromatic heterocycles. The highest BCUT2D eigenvalue weighted by atomic mass is 16.2. The van der Waals surface area contributed by atoms with E-state index in [1.54, 1.807) is 0 Å². The molecule has 3 rings (SSSR count). The Bertz CT molecular complexity index is 430. The molecule has 2 fully saturated rings. The van der Waals surface area contributed by atoms with Crippen LogP contribution in [-0.4, -0.2) is 41.6 Å². The Kier molecular flexibility index (Phi) is 2.55. The lowest BCUT2D eigenvalue weighted by atomic mass is 10.3. The second-order valence-corrected chi connectivity index (χ2v) is 4.84. The summed E-state index contributed by atoms with van der Waals surface area (Å²) in [5, 5.41) is 3.25. The second kappa shape index (κ2) is 4.07. The third kappa shape index (κ3) is 2.02. The zero-order chi connectivity index (χ0) is 11.8. The van der Waals surface area contributed by atoms with Crippen molar-refractivity contribution in [2.75, 3.05) is 31.9 Å². The summed E-state index contributed by atoms with van der Waals surface area (Å²) in [6.45, 7) is 3.33. The fourth-order valence-electron chi connectivity index (χ4n) is 2.36. The summed E-state index contributed by atoms with van der Waals surface area (Å²) in [4.78, 5) is 14.3. The number of amides is 1. The number of nitrogens with one attached hydrogen (secondary N) is 1. The molecule has 0 radical (unpaired) electrons. The van der Waals surface area contributed by atoms with Crippen molar-refractivity contribution in [1.29, 1.82) is 0 Å². The molecule has 5 heteroatoms. The Labute approximate surface area is 101 Å². The highest BCUT2D eigenvalue weighted by Gasteiger charge is 2.29. The van der Waals surface area contributed by atoms with Crippen molar-refractivity contribution < 1.29 is 4.79 Å². The molecule has 3 N–H and O–H groups in total. The molecule has 5 nitrogen and oxygen atoms in total. The molecule has 92 valence electrons. The topological polar surface area (TPSA) is 63.3 Å². The van der Waals surface area contributed by atoms with Crippen molar-refractivity contribution in [3.63, 3.8) is 0 Å². The van der Waals surface area contributed by atoms with Crippen molar-refractivity contribution in [3.05, 3.63) is 18.0 Å². The maximum atomic E-state index is 12.4. The van der Waals surface area contributed by atoms with Crippen molar-refractivity contribution in [2.45, 2.75) is 18.9 Å². The summed E-state index contributed by atoms with van der Waals surface area (Å²) < 4.78 is 2.06. The smallest absolute Gasteiger partial charge is 0.270 e. The van der Waals surface area contributed by atoms with Gasteiger partial charge in [-0.3, -0.25) is 4.79 Å². The molecular formula is C12H18N4O. The number of nitrogens with two attached hydrogens (primary N) is 1. The Balaban J connectivity index is 1.84. The molecule has 0 aromatic carbocycles. The minimum atomic E-state index is 0.120. The monoisotopic (exact) mass is 234 g/mol. The van der Waals surface area contributed by atoms with Crippen LogP contribution in [0.3, 0.4) is 0 Å². The Hall–Kier alpha value is -1.49. The average molecular weight is 234 g/mol. The van der Waals surface area contributed by atoms with Gasteiger partial charge in [-0.1, -0.05) is 0 Å². The first-order chi connectivity index (χ1) is 8.25. The van der Waals surface area contributed by atoms with Crippen LogP contribution < -0.4 is 11.1 Å². The van der Waals surface area contributed by atoms with Gasteiger partial charge in [-0.2, -0.15) is 0 Å². The van der Waals surface area contributed by atoms with E-state index in [1.165, 1.54) is 0 Å². The van der Waals surface area contributed by atoms with E-state index in [0.29, 0.717) is 11.7 Å². The molecule has 1 aliphatic carbocycles. The van der Waals surface area contributed by atoms with Crippen LogP contribution in [0, 0.1) is 0 Å². The lowest BCUT2D eigenvalue weighted by molar-refractivity contribution is 0.0724. The summed E-state index contributed by atoms with van der Waals surface area (Å²) in [6, 6.07) is 2.30. The standard InChI is InChI=1S/C12H18N4O/c13-9-7-11(16(8-9)10-1-2-10)12(17)15-5-3-14-4-6-15/h7-8,10,14H,1-6,13H2. The molecule has 17 heavy (non-hydrogen) atoms. The number of rotatable bonds is 2. The molecule has 1 aromatic rings. The molecule has 2 aliphatic rings. The largest absolute Gasteiger partial charge is 0.397 e. The number of anilines is 1. The van der Waals surface area contributed by atoms with Gasteiger partial charge in [0.05, 0.1) is 5.69 Å². The van der Waals surface area contributed by atoms with E-state index in [0.717, 1.165) is 44.7 Å². The number of carbonyl (C=O) groups is 1. The van der Waals surface area contributed by atoms with Crippen LogP contribution >= 0.6 is 0 Å². The fraction of sp³-hybridized carbons (Fsp3) is 0.583. The highest BCUT2D eigenvalue weighted by Crippen LogP contribution is 2.37. The first-order valence-corrected chi connectivity index (χ1v) is 6.23. The molecule has 1 aliphatic heterocycles.